The van der Waals surface area contributed by atoms with Gasteiger partial charge < -0.3 is 14.8 Å². The summed E-state index contributed by atoms with van der Waals surface area (Å²) < 4.78 is 9.78. The minimum Gasteiger partial charge on any atom is -0.464 e. The molecule has 14 heavy (non-hydrogen) atoms. The van der Waals surface area contributed by atoms with Crippen LogP contribution in [0.15, 0.2) is 0 Å². The highest BCUT2D eigenvalue weighted by molar-refractivity contribution is 5.66. The Bertz CT molecular complexity index is 215. The number of rotatable bonds is 4. The van der Waals surface area contributed by atoms with Gasteiger partial charge in [-0.05, 0) is 13.0 Å². The average Bonchev–Trinajstić information content (AvgIpc) is 2.01. The van der Waals surface area contributed by atoms with Crippen LogP contribution in [-0.4, -0.2) is 37.2 Å². The molecule has 1 heterocycles. The van der Waals surface area contributed by atoms with Gasteiger partial charge in [0.1, 0.15) is 13.2 Å². The molecule has 0 saturated carbocycles. The Kier molecular flexibility index (Phi) is 3.46. The largest absolute Gasteiger partial charge is 0.464 e. The maximum atomic E-state index is 10.6. The van der Waals surface area contributed by atoms with E-state index in [-0.39, 0.29) is 30.7 Å². The summed E-state index contributed by atoms with van der Waals surface area (Å²) in [5.41, 5.74) is -0.350. The Hall–Kier alpha value is -1.10. The Morgan fingerprint density at radius 2 is 1.64 bits per heavy atom. The molecule has 0 aromatic heterocycles. The van der Waals surface area contributed by atoms with E-state index in [2.05, 4.69) is 5.32 Å². The van der Waals surface area contributed by atoms with E-state index in [0.717, 1.165) is 13.0 Å². The van der Waals surface area contributed by atoms with Crippen molar-refractivity contribution in [1.29, 1.82) is 0 Å². The summed E-state index contributed by atoms with van der Waals surface area (Å²) in [5.74, 6) is -0.637. The van der Waals surface area contributed by atoms with E-state index >= 15 is 0 Å². The zero-order valence-electron chi connectivity index (χ0n) is 8.46. The number of hydrogen-bond acceptors (Lipinski definition) is 5. The molecule has 1 fully saturated rings. The molecule has 0 atom stereocenters. The molecule has 1 N–H and O–H groups in total. The lowest BCUT2D eigenvalue weighted by atomic mass is 9.90. The Balaban J connectivity index is 2.33. The van der Waals surface area contributed by atoms with Crippen molar-refractivity contribution in [3.05, 3.63) is 0 Å². The number of hydrogen-bond donors (Lipinski definition) is 1. The first-order chi connectivity index (χ1) is 6.54. The fourth-order valence-electron chi connectivity index (χ4n) is 1.25. The molecule has 0 bridgehead atoms. The number of carbonyl (C=O) groups is 2. The molecule has 1 saturated heterocycles. The molecule has 1 aliphatic rings. The molecule has 5 nitrogen and oxygen atoms in total. The SMILES string of the molecule is CC(=O)OCC1(COC(C)=O)CCN1. The van der Waals surface area contributed by atoms with Gasteiger partial charge in [-0.2, -0.15) is 0 Å². The minimum atomic E-state index is -0.350. The number of carbonyl (C=O) groups excluding carboxylic acids is 2. The van der Waals surface area contributed by atoms with Gasteiger partial charge in [0.25, 0.3) is 0 Å². The monoisotopic (exact) mass is 201 g/mol. The van der Waals surface area contributed by atoms with Gasteiger partial charge in [0.15, 0.2) is 0 Å². The summed E-state index contributed by atoms with van der Waals surface area (Å²) in [7, 11) is 0. The van der Waals surface area contributed by atoms with Crippen LogP contribution >= 0.6 is 0 Å². The molecule has 80 valence electrons. The molecule has 1 aliphatic heterocycles. The molecular weight excluding hydrogens is 186 g/mol. The van der Waals surface area contributed by atoms with E-state index < -0.39 is 0 Å². The topological polar surface area (TPSA) is 64.6 Å². The second-order valence-electron chi connectivity index (χ2n) is 3.52. The van der Waals surface area contributed by atoms with Gasteiger partial charge in [0, 0.05) is 13.8 Å². The maximum Gasteiger partial charge on any atom is 0.302 e. The summed E-state index contributed by atoms with van der Waals surface area (Å²) in [6, 6.07) is 0. The van der Waals surface area contributed by atoms with Gasteiger partial charge in [-0.3, -0.25) is 9.59 Å². The first kappa shape index (κ1) is 11.0. The molecule has 5 heteroatoms. The van der Waals surface area contributed by atoms with Gasteiger partial charge in [-0.15, -0.1) is 0 Å². The molecule has 0 aromatic carbocycles. The van der Waals surface area contributed by atoms with Crippen molar-refractivity contribution in [2.45, 2.75) is 25.8 Å². The summed E-state index contributed by atoms with van der Waals surface area (Å²) >= 11 is 0. The molecule has 0 aromatic rings. The normalized spacial score (nSPS) is 18.1. The molecule has 0 spiro atoms. The van der Waals surface area contributed by atoms with Crippen molar-refractivity contribution in [2.24, 2.45) is 0 Å². The van der Waals surface area contributed by atoms with E-state index in [4.69, 9.17) is 9.47 Å². The molecule has 0 amide bonds. The Morgan fingerprint density at radius 3 is 1.86 bits per heavy atom. The second kappa shape index (κ2) is 4.41. The summed E-state index contributed by atoms with van der Waals surface area (Å²) in [5, 5.41) is 3.12. The second-order valence-corrected chi connectivity index (χ2v) is 3.52. The first-order valence-electron chi connectivity index (χ1n) is 4.56. The fraction of sp³-hybridized carbons (Fsp3) is 0.778. The van der Waals surface area contributed by atoms with E-state index in [1.807, 2.05) is 0 Å². The third-order valence-corrected chi connectivity index (χ3v) is 2.21. The van der Waals surface area contributed by atoms with E-state index in [1.54, 1.807) is 0 Å². The van der Waals surface area contributed by atoms with Gasteiger partial charge in [-0.1, -0.05) is 0 Å². The van der Waals surface area contributed by atoms with Gasteiger partial charge >= 0.3 is 11.9 Å². The smallest absolute Gasteiger partial charge is 0.302 e. The highest BCUT2D eigenvalue weighted by Crippen LogP contribution is 2.19. The van der Waals surface area contributed by atoms with Crippen LogP contribution in [-0.2, 0) is 19.1 Å². The Morgan fingerprint density at radius 1 is 1.21 bits per heavy atom. The van der Waals surface area contributed by atoms with Crippen LogP contribution in [0, 0.1) is 0 Å². The highest BCUT2D eigenvalue weighted by atomic mass is 16.5. The summed E-state index contributed by atoms with van der Waals surface area (Å²) in [6.45, 7) is 4.10. The van der Waals surface area contributed by atoms with Crippen LogP contribution in [0.3, 0.4) is 0 Å². The van der Waals surface area contributed by atoms with E-state index in [9.17, 15) is 9.59 Å². The van der Waals surface area contributed by atoms with Crippen molar-refractivity contribution in [1.82, 2.24) is 5.32 Å². The van der Waals surface area contributed by atoms with Crippen LogP contribution in [0.5, 0.6) is 0 Å². The molecule has 0 aliphatic carbocycles. The quantitative estimate of drug-likeness (QED) is 0.640. The number of ether oxygens (including phenoxy) is 2. The number of esters is 2. The van der Waals surface area contributed by atoms with Gasteiger partial charge in [-0.25, -0.2) is 0 Å². The minimum absolute atomic E-state index is 0.260. The van der Waals surface area contributed by atoms with Crippen molar-refractivity contribution in [3.8, 4) is 0 Å². The molecule has 0 radical (unpaired) electrons. The molecule has 0 unspecified atom stereocenters. The predicted molar refractivity (Wildman–Crippen MR) is 48.6 cm³/mol. The van der Waals surface area contributed by atoms with Crippen LogP contribution in [0.25, 0.3) is 0 Å². The van der Waals surface area contributed by atoms with Gasteiger partial charge in [0.2, 0.25) is 0 Å². The van der Waals surface area contributed by atoms with Crippen LogP contribution in [0.2, 0.25) is 0 Å². The zero-order valence-corrected chi connectivity index (χ0v) is 8.46. The molecular formula is C9H15NO4. The first-order valence-corrected chi connectivity index (χ1v) is 4.56. The average molecular weight is 201 g/mol. The lowest BCUT2D eigenvalue weighted by Gasteiger charge is -2.41. The van der Waals surface area contributed by atoms with Crippen molar-refractivity contribution in [3.63, 3.8) is 0 Å². The highest BCUT2D eigenvalue weighted by Gasteiger charge is 2.38. The van der Waals surface area contributed by atoms with Crippen molar-refractivity contribution >= 4 is 11.9 Å². The van der Waals surface area contributed by atoms with Gasteiger partial charge in [0.05, 0.1) is 5.54 Å². The van der Waals surface area contributed by atoms with Crippen LogP contribution < -0.4 is 5.32 Å². The maximum absolute atomic E-state index is 10.6. The fourth-order valence-corrected chi connectivity index (χ4v) is 1.25. The summed E-state index contributed by atoms with van der Waals surface area (Å²) in [6.07, 6.45) is 0.855. The number of nitrogens with one attached hydrogen (secondary N) is 1. The van der Waals surface area contributed by atoms with E-state index in [1.165, 1.54) is 13.8 Å². The van der Waals surface area contributed by atoms with E-state index in [0.29, 0.717) is 0 Å². The van der Waals surface area contributed by atoms with Crippen molar-refractivity contribution in [2.75, 3.05) is 19.8 Å². The van der Waals surface area contributed by atoms with Crippen LogP contribution in [0.1, 0.15) is 20.3 Å². The lowest BCUT2D eigenvalue weighted by Crippen LogP contribution is -2.63. The third kappa shape index (κ3) is 2.99. The third-order valence-electron chi connectivity index (χ3n) is 2.21. The summed E-state index contributed by atoms with van der Waals surface area (Å²) in [4.78, 5) is 21.2. The molecule has 1 rings (SSSR count). The van der Waals surface area contributed by atoms with Crippen LogP contribution in [0.4, 0.5) is 0 Å². The Labute approximate surface area is 82.8 Å². The predicted octanol–water partition coefficient (Wildman–Crippen LogP) is -0.155. The standard InChI is InChI=1S/C9H15NO4/c1-7(11)13-5-9(3-4-10-9)6-14-8(2)12/h10H,3-6H2,1-2H3. The lowest BCUT2D eigenvalue weighted by molar-refractivity contribution is -0.150. The van der Waals surface area contributed by atoms with Crippen molar-refractivity contribution < 1.29 is 19.1 Å². The zero-order chi connectivity index (χ0) is 10.6.